The zero-order valence-electron chi connectivity index (χ0n) is 11.1. The topological polar surface area (TPSA) is 101 Å². The van der Waals surface area contributed by atoms with Gasteiger partial charge in [-0.05, 0) is 47.0 Å². The highest BCUT2D eigenvalue weighted by Crippen LogP contribution is 2.28. The van der Waals surface area contributed by atoms with Gasteiger partial charge in [-0.15, -0.1) is 5.10 Å². The van der Waals surface area contributed by atoms with Crippen LogP contribution in [-0.2, 0) is 17.8 Å². The molecule has 2 heterocycles. The third-order valence-corrected chi connectivity index (χ3v) is 3.43. The van der Waals surface area contributed by atoms with Crippen LogP contribution in [-0.4, -0.2) is 43.7 Å². The maximum absolute atomic E-state index is 12.3. The summed E-state index contributed by atoms with van der Waals surface area (Å²) in [6.07, 6.45) is 2.96. The van der Waals surface area contributed by atoms with E-state index in [1.54, 1.807) is 17.0 Å². The molecule has 0 saturated heterocycles. The summed E-state index contributed by atoms with van der Waals surface area (Å²) in [5, 5.41) is 19.7. The lowest BCUT2D eigenvalue weighted by atomic mass is 9.99. The molecule has 0 radical (unpaired) electrons. The molecule has 0 bridgehead atoms. The predicted molar refractivity (Wildman–Crippen MR) is 71.9 cm³/mol. The van der Waals surface area contributed by atoms with Gasteiger partial charge in [0, 0.05) is 12.2 Å². The lowest BCUT2D eigenvalue weighted by Gasteiger charge is -2.29. The first-order valence-electron chi connectivity index (χ1n) is 6.52. The van der Waals surface area contributed by atoms with Crippen LogP contribution in [0.25, 0.3) is 0 Å². The third-order valence-electron chi connectivity index (χ3n) is 3.43. The number of carbonyl (C=O) groups is 2. The van der Waals surface area contributed by atoms with E-state index >= 15 is 0 Å². The molecule has 1 aliphatic heterocycles. The summed E-state index contributed by atoms with van der Waals surface area (Å²) in [6, 6.07) is 4.84. The van der Waals surface area contributed by atoms with Gasteiger partial charge < -0.3 is 10.0 Å². The molecule has 8 nitrogen and oxygen atoms in total. The van der Waals surface area contributed by atoms with E-state index in [1.165, 1.54) is 17.1 Å². The number of hydrogen-bond donors (Lipinski definition) is 1. The maximum atomic E-state index is 12.3. The molecule has 0 atom stereocenters. The molecule has 1 aromatic heterocycles. The molecule has 108 valence electrons. The fraction of sp³-hybridized carbons (Fsp3) is 0.308. The standard InChI is InChI=1S/C13H13N5O3/c19-12(7-17-8-14-15-16-17)18-5-1-2-9-6-10(13(20)21)3-4-11(9)18/h3-4,6,8H,1-2,5,7H2,(H,20,21). The Morgan fingerprint density at radius 3 is 2.90 bits per heavy atom. The maximum Gasteiger partial charge on any atom is 0.335 e. The average Bonchev–Trinajstić information content (AvgIpc) is 2.98. The molecule has 1 aromatic carbocycles. The first kappa shape index (κ1) is 13.2. The Morgan fingerprint density at radius 2 is 2.19 bits per heavy atom. The molecule has 1 N–H and O–H groups in total. The van der Waals surface area contributed by atoms with Crippen molar-refractivity contribution in [3.63, 3.8) is 0 Å². The molecule has 2 aromatic rings. The second kappa shape index (κ2) is 5.31. The Hall–Kier alpha value is -2.77. The monoisotopic (exact) mass is 287 g/mol. The summed E-state index contributed by atoms with van der Waals surface area (Å²) in [7, 11) is 0. The first-order valence-corrected chi connectivity index (χ1v) is 6.52. The summed E-state index contributed by atoms with van der Waals surface area (Å²) < 4.78 is 1.36. The number of nitrogens with zero attached hydrogens (tertiary/aromatic N) is 5. The van der Waals surface area contributed by atoms with E-state index in [1.807, 2.05) is 0 Å². The normalized spacial score (nSPS) is 13.8. The Labute approximate surface area is 120 Å². The van der Waals surface area contributed by atoms with Crippen LogP contribution in [0.2, 0.25) is 0 Å². The van der Waals surface area contributed by atoms with Gasteiger partial charge in [0.1, 0.15) is 12.9 Å². The van der Waals surface area contributed by atoms with Crippen LogP contribution >= 0.6 is 0 Å². The first-order chi connectivity index (χ1) is 10.1. The van der Waals surface area contributed by atoms with Crippen molar-refractivity contribution in [2.75, 3.05) is 11.4 Å². The third kappa shape index (κ3) is 2.60. The molecule has 0 spiro atoms. The molecular formula is C13H13N5O3. The molecule has 8 heteroatoms. The van der Waals surface area contributed by atoms with Crippen LogP contribution in [0.15, 0.2) is 24.5 Å². The number of rotatable bonds is 3. The minimum absolute atomic E-state index is 0.0626. The number of tetrazole rings is 1. The van der Waals surface area contributed by atoms with Crippen LogP contribution < -0.4 is 4.90 Å². The highest BCUT2D eigenvalue weighted by molar-refractivity contribution is 5.95. The number of amides is 1. The van der Waals surface area contributed by atoms with Gasteiger partial charge in [0.15, 0.2) is 0 Å². The van der Waals surface area contributed by atoms with Gasteiger partial charge in [-0.25, -0.2) is 9.48 Å². The van der Waals surface area contributed by atoms with Crippen molar-refractivity contribution in [2.45, 2.75) is 19.4 Å². The summed E-state index contributed by atoms with van der Waals surface area (Å²) >= 11 is 0. The average molecular weight is 287 g/mol. The number of aromatic carboxylic acids is 1. The van der Waals surface area contributed by atoms with Crippen LogP contribution in [0, 0.1) is 0 Å². The smallest absolute Gasteiger partial charge is 0.335 e. The highest BCUT2D eigenvalue weighted by Gasteiger charge is 2.23. The Kier molecular flexibility index (Phi) is 3.35. The van der Waals surface area contributed by atoms with E-state index in [4.69, 9.17) is 5.11 Å². The summed E-state index contributed by atoms with van der Waals surface area (Å²) in [5.74, 6) is -1.08. The highest BCUT2D eigenvalue weighted by atomic mass is 16.4. The molecule has 3 rings (SSSR count). The van der Waals surface area contributed by atoms with Crippen LogP contribution in [0.1, 0.15) is 22.3 Å². The van der Waals surface area contributed by atoms with E-state index in [9.17, 15) is 9.59 Å². The van der Waals surface area contributed by atoms with Crippen molar-refractivity contribution >= 4 is 17.6 Å². The quantitative estimate of drug-likeness (QED) is 0.874. The molecule has 21 heavy (non-hydrogen) atoms. The Balaban J connectivity index is 1.86. The van der Waals surface area contributed by atoms with Gasteiger partial charge in [0.05, 0.1) is 5.56 Å². The van der Waals surface area contributed by atoms with Gasteiger partial charge in [-0.3, -0.25) is 4.79 Å². The second-order valence-electron chi connectivity index (χ2n) is 4.80. The number of benzene rings is 1. The Bertz CT molecular complexity index is 683. The molecule has 0 unspecified atom stereocenters. The van der Waals surface area contributed by atoms with E-state index in [0.717, 1.165) is 24.1 Å². The SMILES string of the molecule is O=C(O)c1ccc2c(c1)CCCN2C(=O)Cn1cnnn1. The van der Waals surface area contributed by atoms with Crippen molar-refractivity contribution in [3.8, 4) is 0 Å². The number of aromatic nitrogens is 4. The van der Waals surface area contributed by atoms with Crippen LogP contribution in [0.5, 0.6) is 0 Å². The number of anilines is 1. The number of aryl methyl sites for hydroxylation is 1. The summed E-state index contributed by atoms with van der Waals surface area (Å²) in [4.78, 5) is 25.0. The number of carboxylic acid groups (broad SMARTS) is 1. The van der Waals surface area contributed by atoms with Crippen molar-refractivity contribution in [2.24, 2.45) is 0 Å². The van der Waals surface area contributed by atoms with Crippen molar-refractivity contribution < 1.29 is 14.7 Å². The van der Waals surface area contributed by atoms with Crippen molar-refractivity contribution in [1.29, 1.82) is 0 Å². The van der Waals surface area contributed by atoms with E-state index < -0.39 is 5.97 Å². The van der Waals surface area contributed by atoms with Crippen molar-refractivity contribution in [1.82, 2.24) is 20.2 Å². The van der Waals surface area contributed by atoms with E-state index in [-0.39, 0.29) is 18.0 Å². The number of fused-ring (bicyclic) bond motifs is 1. The van der Waals surface area contributed by atoms with E-state index in [2.05, 4.69) is 15.5 Å². The second-order valence-corrected chi connectivity index (χ2v) is 4.80. The van der Waals surface area contributed by atoms with Gasteiger partial charge in [-0.1, -0.05) is 0 Å². The Morgan fingerprint density at radius 1 is 1.33 bits per heavy atom. The zero-order chi connectivity index (χ0) is 14.8. The number of carboxylic acids is 1. The summed E-state index contributed by atoms with van der Waals surface area (Å²) in [5.41, 5.74) is 1.89. The minimum atomic E-state index is -0.963. The van der Waals surface area contributed by atoms with E-state index in [0.29, 0.717) is 6.54 Å². The molecule has 0 aliphatic carbocycles. The fourth-order valence-electron chi connectivity index (χ4n) is 2.47. The largest absolute Gasteiger partial charge is 0.478 e. The number of hydrogen-bond acceptors (Lipinski definition) is 5. The molecular weight excluding hydrogens is 274 g/mol. The molecule has 1 aliphatic rings. The summed E-state index contributed by atoms with van der Waals surface area (Å²) in [6.45, 7) is 0.674. The zero-order valence-corrected chi connectivity index (χ0v) is 11.1. The number of carbonyl (C=O) groups excluding carboxylic acids is 1. The van der Waals surface area contributed by atoms with Gasteiger partial charge in [0.2, 0.25) is 5.91 Å². The van der Waals surface area contributed by atoms with Crippen LogP contribution in [0.3, 0.4) is 0 Å². The van der Waals surface area contributed by atoms with Gasteiger partial charge in [0.25, 0.3) is 0 Å². The lowest BCUT2D eigenvalue weighted by Crippen LogP contribution is -2.38. The van der Waals surface area contributed by atoms with Gasteiger partial charge >= 0.3 is 5.97 Å². The van der Waals surface area contributed by atoms with Crippen LogP contribution in [0.4, 0.5) is 5.69 Å². The fourth-order valence-corrected chi connectivity index (χ4v) is 2.47. The lowest BCUT2D eigenvalue weighted by molar-refractivity contribution is -0.119. The molecule has 1 amide bonds. The molecule has 0 saturated carbocycles. The molecule has 0 fully saturated rings. The van der Waals surface area contributed by atoms with Crippen molar-refractivity contribution in [3.05, 3.63) is 35.7 Å². The van der Waals surface area contributed by atoms with Gasteiger partial charge in [-0.2, -0.15) is 0 Å². The predicted octanol–water partition coefficient (Wildman–Crippen LogP) is 0.351. The minimum Gasteiger partial charge on any atom is -0.478 e.